The highest BCUT2D eigenvalue weighted by Crippen LogP contribution is 2.24. The Morgan fingerprint density at radius 2 is 1.87 bits per heavy atom. The van der Waals surface area contributed by atoms with Crippen LogP contribution in [0.15, 0.2) is 59.4 Å². The van der Waals surface area contributed by atoms with E-state index in [0.717, 1.165) is 10.7 Å². The average Bonchev–Trinajstić information content (AvgIpc) is 2.74. The van der Waals surface area contributed by atoms with E-state index in [-0.39, 0.29) is 29.3 Å². The van der Waals surface area contributed by atoms with Gasteiger partial charge in [-0.25, -0.2) is 4.79 Å². The largest absolute Gasteiger partial charge is 0.496 e. The molecule has 1 aromatic heterocycles. The number of aromatic nitrogens is 2. The molecule has 2 aromatic carbocycles. The van der Waals surface area contributed by atoms with E-state index in [9.17, 15) is 14.4 Å². The summed E-state index contributed by atoms with van der Waals surface area (Å²) in [6.07, 6.45) is 0. The average molecular weight is 428 g/mol. The third kappa shape index (κ3) is 4.49. The van der Waals surface area contributed by atoms with Crippen molar-refractivity contribution in [2.45, 2.75) is 6.92 Å². The summed E-state index contributed by atoms with van der Waals surface area (Å²) < 4.78 is 11.3. The van der Waals surface area contributed by atoms with Gasteiger partial charge in [-0.05, 0) is 37.3 Å². The molecular formula is C21H18ClN3O5. The Kier molecular flexibility index (Phi) is 6.48. The van der Waals surface area contributed by atoms with Gasteiger partial charge < -0.3 is 14.8 Å². The molecule has 0 aliphatic carbocycles. The molecule has 8 nitrogen and oxygen atoms in total. The predicted molar refractivity (Wildman–Crippen MR) is 112 cm³/mol. The van der Waals surface area contributed by atoms with Gasteiger partial charge in [0, 0.05) is 11.1 Å². The number of carbonyl (C=O) groups is 2. The molecule has 0 unspecified atom stereocenters. The number of nitrogens with zero attached hydrogens (tertiary/aromatic N) is 2. The van der Waals surface area contributed by atoms with Gasteiger partial charge in [-0.2, -0.15) is 9.78 Å². The maximum atomic E-state index is 12.8. The van der Waals surface area contributed by atoms with E-state index in [0.29, 0.717) is 10.7 Å². The number of para-hydroxylation sites is 1. The molecule has 0 aliphatic rings. The van der Waals surface area contributed by atoms with Crippen LogP contribution in [0.4, 0.5) is 5.69 Å². The van der Waals surface area contributed by atoms with Gasteiger partial charge in [-0.1, -0.05) is 29.8 Å². The molecule has 0 fully saturated rings. The van der Waals surface area contributed by atoms with Crippen LogP contribution in [-0.4, -0.2) is 35.4 Å². The Hall–Kier alpha value is -3.65. The summed E-state index contributed by atoms with van der Waals surface area (Å²) in [4.78, 5) is 37.9. The van der Waals surface area contributed by atoms with Crippen molar-refractivity contribution in [2.24, 2.45) is 0 Å². The van der Waals surface area contributed by atoms with Crippen molar-refractivity contribution >= 4 is 29.2 Å². The number of nitrogens with one attached hydrogen (secondary N) is 1. The first-order valence-electron chi connectivity index (χ1n) is 8.96. The molecule has 9 heteroatoms. The Balaban J connectivity index is 2.07. The molecule has 30 heavy (non-hydrogen) atoms. The molecule has 3 rings (SSSR count). The minimum absolute atomic E-state index is 0.0855. The smallest absolute Gasteiger partial charge is 0.360 e. The van der Waals surface area contributed by atoms with Crippen molar-refractivity contribution < 1.29 is 19.1 Å². The molecule has 1 heterocycles. The minimum atomic E-state index is -0.782. The molecule has 0 radical (unpaired) electrons. The predicted octanol–water partition coefficient (Wildman–Crippen LogP) is 3.32. The van der Waals surface area contributed by atoms with Gasteiger partial charge in [0.15, 0.2) is 5.69 Å². The van der Waals surface area contributed by atoms with Gasteiger partial charge in [0.2, 0.25) is 0 Å². The Morgan fingerprint density at radius 1 is 1.13 bits per heavy atom. The zero-order valence-electron chi connectivity index (χ0n) is 16.2. The molecule has 0 aliphatic heterocycles. The van der Waals surface area contributed by atoms with Crippen LogP contribution in [0, 0.1) is 0 Å². The fraction of sp³-hybridized carbons (Fsp3) is 0.143. The topological polar surface area (TPSA) is 99.5 Å². The summed E-state index contributed by atoms with van der Waals surface area (Å²) in [6, 6.07) is 14.2. The number of amides is 1. The Bertz CT molecular complexity index is 1150. The Labute approximate surface area is 177 Å². The van der Waals surface area contributed by atoms with Crippen molar-refractivity contribution in [2.75, 3.05) is 19.0 Å². The fourth-order valence-corrected chi connectivity index (χ4v) is 2.88. The normalized spacial score (nSPS) is 10.4. The lowest BCUT2D eigenvalue weighted by atomic mass is 10.1. The number of anilines is 1. The second-order valence-corrected chi connectivity index (χ2v) is 6.45. The van der Waals surface area contributed by atoms with Crippen LogP contribution in [0.1, 0.15) is 27.8 Å². The second-order valence-electron chi connectivity index (χ2n) is 6.01. The van der Waals surface area contributed by atoms with Gasteiger partial charge in [-0.15, -0.1) is 0 Å². The highest BCUT2D eigenvalue weighted by Gasteiger charge is 2.22. The van der Waals surface area contributed by atoms with Gasteiger partial charge in [-0.3, -0.25) is 9.59 Å². The van der Waals surface area contributed by atoms with Gasteiger partial charge in [0.05, 0.1) is 30.7 Å². The van der Waals surface area contributed by atoms with E-state index in [1.165, 1.54) is 19.2 Å². The number of ether oxygens (including phenoxy) is 2. The van der Waals surface area contributed by atoms with E-state index >= 15 is 0 Å². The van der Waals surface area contributed by atoms with Crippen molar-refractivity contribution in [3.05, 3.63) is 81.2 Å². The summed E-state index contributed by atoms with van der Waals surface area (Å²) in [6.45, 7) is 1.74. The van der Waals surface area contributed by atoms with Crippen molar-refractivity contribution in [1.29, 1.82) is 0 Å². The number of rotatable bonds is 6. The molecule has 154 valence electrons. The number of esters is 1. The summed E-state index contributed by atoms with van der Waals surface area (Å²) in [5, 5.41) is 6.98. The SMILES string of the molecule is CCOC(=O)c1nn(-c2ccccc2)c(=O)cc1NC(=O)c1cc(Cl)ccc1OC. The van der Waals surface area contributed by atoms with Crippen LogP contribution in [0.25, 0.3) is 5.69 Å². The van der Waals surface area contributed by atoms with Gasteiger partial charge in [0.1, 0.15) is 5.75 Å². The molecule has 3 aromatic rings. The highest BCUT2D eigenvalue weighted by atomic mass is 35.5. The lowest BCUT2D eigenvalue weighted by Gasteiger charge is -2.13. The number of hydrogen-bond acceptors (Lipinski definition) is 6. The number of methoxy groups -OCH3 is 1. The van der Waals surface area contributed by atoms with E-state index in [4.69, 9.17) is 21.1 Å². The Morgan fingerprint density at radius 3 is 2.53 bits per heavy atom. The molecular weight excluding hydrogens is 410 g/mol. The zero-order chi connectivity index (χ0) is 21.7. The van der Waals surface area contributed by atoms with Crippen LogP contribution in [0.2, 0.25) is 5.02 Å². The van der Waals surface area contributed by atoms with Gasteiger partial charge >= 0.3 is 5.97 Å². The molecule has 0 atom stereocenters. The molecule has 0 saturated carbocycles. The molecule has 0 bridgehead atoms. The third-order valence-corrected chi connectivity index (χ3v) is 4.29. The first kappa shape index (κ1) is 21.1. The van der Waals surface area contributed by atoms with Crippen LogP contribution >= 0.6 is 11.6 Å². The van der Waals surface area contributed by atoms with E-state index < -0.39 is 17.4 Å². The summed E-state index contributed by atoms with van der Waals surface area (Å²) >= 11 is 5.98. The maximum Gasteiger partial charge on any atom is 0.360 e. The molecule has 1 N–H and O–H groups in total. The van der Waals surface area contributed by atoms with E-state index in [1.807, 2.05) is 0 Å². The van der Waals surface area contributed by atoms with Gasteiger partial charge in [0.25, 0.3) is 11.5 Å². The quantitative estimate of drug-likeness (QED) is 0.606. The first-order valence-corrected chi connectivity index (χ1v) is 9.34. The molecule has 1 amide bonds. The summed E-state index contributed by atoms with van der Waals surface area (Å²) in [7, 11) is 1.41. The van der Waals surface area contributed by atoms with E-state index in [1.54, 1.807) is 43.3 Å². The molecule has 0 saturated heterocycles. The first-order chi connectivity index (χ1) is 14.4. The second kappa shape index (κ2) is 9.23. The summed E-state index contributed by atoms with van der Waals surface area (Å²) in [5.74, 6) is -1.13. The molecule has 0 spiro atoms. The van der Waals surface area contributed by atoms with Crippen LogP contribution in [0.5, 0.6) is 5.75 Å². The fourth-order valence-electron chi connectivity index (χ4n) is 2.70. The van der Waals surface area contributed by atoms with Crippen LogP contribution in [-0.2, 0) is 4.74 Å². The maximum absolute atomic E-state index is 12.8. The van der Waals surface area contributed by atoms with E-state index in [2.05, 4.69) is 10.4 Å². The van der Waals surface area contributed by atoms with Crippen molar-refractivity contribution in [1.82, 2.24) is 9.78 Å². The standard InChI is InChI=1S/C21H18ClN3O5/c1-3-30-21(28)19-16(12-18(26)25(24-19)14-7-5-4-6-8-14)23-20(27)15-11-13(22)9-10-17(15)29-2/h4-12H,3H2,1-2H3,(H,23,27). The number of halogens is 1. The number of benzene rings is 2. The van der Waals surface area contributed by atoms with Crippen LogP contribution in [0.3, 0.4) is 0 Å². The number of hydrogen-bond donors (Lipinski definition) is 1. The lowest BCUT2D eigenvalue weighted by Crippen LogP contribution is -2.27. The lowest BCUT2D eigenvalue weighted by molar-refractivity contribution is 0.0518. The van der Waals surface area contributed by atoms with Crippen LogP contribution < -0.4 is 15.6 Å². The monoisotopic (exact) mass is 427 g/mol. The summed E-state index contributed by atoms with van der Waals surface area (Å²) in [5.41, 5.74) is -0.246. The van der Waals surface area contributed by atoms with Crippen molar-refractivity contribution in [3.8, 4) is 11.4 Å². The highest BCUT2D eigenvalue weighted by molar-refractivity contribution is 6.31. The zero-order valence-corrected chi connectivity index (χ0v) is 17.0. The van der Waals surface area contributed by atoms with Crippen molar-refractivity contribution in [3.63, 3.8) is 0 Å². The minimum Gasteiger partial charge on any atom is -0.496 e. The number of carbonyl (C=O) groups excluding carboxylic acids is 2. The third-order valence-electron chi connectivity index (χ3n) is 4.06.